The Kier molecular flexibility index (Phi) is 3.65. The number of carbonyl (C=O) groups excluding carboxylic acids is 1. The lowest BCUT2D eigenvalue weighted by Gasteiger charge is -2.10. The van der Waals surface area contributed by atoms with Gasteiger partial charge in [0.2, 0.25) is 5.91 Å². The van der Waals surface area contributed by atoms with Crippen molar-refractivity contribution in [1.82, 2.24) is 14.9 Å². The third kappa shape index (κ3) is 3.01. The second-order valence-electron chi connectivity index (χ2n) is 5.86. The van der Waals surface area contributed by atoms with Gasteiger partial charge in [-0.2, -0.15) is 0 Å². The number of hydrogen-bond donors (Lipinski definition) is 1. The number of imidazole rings is 1. The van der Waals surface area contributed by atoms with Crippen LogP contribution in [-0.4, -0.2) is 21.5 Å². The summed E-state index contributed by atoms with van der Waals surface area (Å²) in [4.78, 5) is 17.0. The molecule has 1 aliphatic rings. The van der Waals surface area contributed by atoms with Gasteiger partial charge in [-0.05, 0) is 37.1 Å². The fraction of sp³-hybridized carbons (Fsp3) is 0.222. The second-order valence-corrected chi connectivity index (χ2v) is 6.78. The van der Waals surface area contributed by atoms with E-state index in [1.807, 2.05) is 53.1 Å². The van der Waals surface area contributed by atoms with E-state index in [4.69, 9.17) is 4.98 Å². The summed E-state index contributed by atoms with van der Waals surface area (Å²) in [6, 6.07) is 16.3. The maximum atomic E-state index is 12.3. The summed E-state index contributed by atoms with van der Waals surface area (Å²) < 4.78 is 2.99. The minimum Gasteiger partial charge on any atom is -0.352 e. The highest BCUT2D eigenvalue weighted by molar-refractivity contribution is 9.10. The van der Waals surface area contributed by atoms with Crippen molar-refractivity contribution in [2.45, 2.75) is 25.4 Å². The zero-order valence-corrected chi connectivity index (χ0v) is 14.1. The van der Waals surface area contributed by atoms with Crippen LogP contribution in [0.5, 0.6) is 0 Å². The molecule has 1 aliphatic carbocycles. The Balaban J connectivity index is 1.79. The first-order chi connectivity index (χ1) is 11.2. The molecule has 23 heavy (non-hydrogen) atoms. The van der Waals surface area contributed by atoms with E-state index in [-0.39, 0.29) is 5.91 Å². The molecule has 1 fully saturated rings. The molecule has 4 rings (SSSR count). The summed E-state index contributed by atoms with van der Waals surface area (Å²) >= 11 is 3.50. The van der Waals surface area contributed by atoms with Crippen molar-refractivity contribution in [3.05, 3.63) is 53.0 Å². The average molecular weight is 370 g/mol. The molecule has 1 amide bonds. The second kappa shape index (κ2) is 5.81. The number of amides is 1. The maximum absolute atomic E-state index is 12.3. The highest BCUT2D eigenvalue weighted by atomic mass is 79.9. The van der Waals surface area contributed by atoms with Crippen LogP contribution in [0.15, 0.2) is 53.0 Å². The molecule has 0 atom stereocenters. The van der Waals surface area contributed by atoms with Gasteiger partial charge in [-0.15, -0.1) is 0 Å². The van der Waals surface area contributed by atoms with Gasteiger partial charge in [0.05, 0.1) is 11.0 Å². The van der Waals surface area contributed by atoms with Crippen LogP contribution in [0.25, 0.3) is 22.4 Å². The number of benzene rings is 2. The molecule has 4 nitrogen and oxygen atoms in total. The summed E-state index contributed by atoms with van der Waals surface area (Å²) in [7, 11) is 0. The van der Waals surface area contributed by atoms with Gasteiger partial charge in [0.15, 0.2) is 0 Å². The van der Waals surface area contributed by atoms with Crippen molar-refractivity contribution in [1.29, 1.82) is 0 Å². The van der Waals surface area contributed by atoms with Gasteiger partial charge in [0, 0.05) is 16.1 Å². The number of nitrogens with one attached hydrogen (secondary N) is 1. The molecule has 1 aromatic heterocycles. The van der Waals surface area contributed by atoms with Crippen LogP contribution in [0.3, 0.4) is 0 Å². The molecule has 116 valence electrons. The topological polar surface area (TPSA) is 46.9 Å². The monoisotopic (exact) mass is 369 g/mol. The highest BCUT2D eigenvalue weighted by Crippen LogP contribution is 2.27. The van der Waals surface area contributed by atoms with Crippen LogP contribution < -0.4 is 5.32 Å². The zero-order chi connectivity index (χ0) is 15.8. The molecule has 1 heterocycles. The van der Waals surface area contributed by atoms with Crippen LogP contribution in [0.4, 0.5) is 0 Å². The third-order valence-corrected chi connectivity index (χ3v) is 4.47. The lowest BCUT2D eigenvalue weighted by Crippen LogP contribution is -2.29. The van der Waals surface area contributed by atoms with Gasteiger partial charge < -0.3 is 9.88 Å². The summed E-state index contributed by atoms with van der Waals surface area (Å²) in [6.07, 6.45) is 2.18. The molecule has 2 aromatic carbocycles. The van der Waals surface area contributed by atoms with E-state index in [2.05, 4.69) is 21.2 Å². The lowest BCUT2D eigenvalue weighted by atomic mass is 10.2. The zero-order valence-electron chi connectivity index (χ0n) is 12.5. The van der Waals surface area contributed by atoms with Crippen molar-refractivity contribution in [3.63, 3.8) is 0 Å². The number of halogens is 1. The molecule has 0 unspecified atom stereocenters. The predicted molar refractivity (Wildman–Crippen MR) is 94.0 cm³/mol. The van der Waals surface area contributed by atoms with E-state index in [1.165, 1.54) is 0 Å². The lowest BCUT2D eigenvalue weighted by molar-refractivity contribution is -0.121. The van der Waals surface area contributed by atoms with Crippen molar-refractivity contribution in [3.8, 4) is 11.4 Å². The molecule has 0 saturated heterocycles. The van der Waals surface area contributed by atoms with E-state index >= 15 is 0 Å². The molecule has 0 radical (unpaired) electrons. The first-order valence-electron chi connectivity index (χ1n) is 7.71. The van der Waals surface area contributed by atoms with Crippen LogP contribution >= 0.6 is 15.9 Å². The average Bonchev–Trinajstić information content (AvgIpc) is 3.28. The number of fused-ring (bicyclic) bond motifs is 1. The van der Waals surface area contributed by atoms with Gasteiger partial charge in [-0.25, -0.2) is 4.98 Å². The van der Waals surface area contributed by atoms with E-state index in [0.29, 0.717) is 12.6 Å². The smallest absolute Gasteiger partial charge is 0.240 e. The largest absolute Gasteiger partial charge is 0.352 e. The highest BCUT2D eigenvalue weighted by Gasteiger charge is 2.24. The first kappa shape index (κ1) is 14.5. The molecule has 0 bridgehead atoms. The van der Waals surface area contributed by atoms with Crippen molar-refractivity contribution in [2.24, 2.45) is 0 Å². The summed E-state index contributed by atoms with van der Waals surface area (Å²) in [6.45, 7) is 0.291. The Bertz CT molecular complexity index is 883. The van der Waals surface area contributed by atoms with Crippen molar-refractivity contribution < 1.29 is 4.79 Å². The quantitative estimate of drug-likeness (QED) is 0.761. The number of carbonyl (C=O) groups is 1. The van der Waals surface area contributed by atoms with Crippen LogP contribution in [-0.2, 0) is 11.3 Å². The number of aromatic nitrogens is 2. The summed E-state index contributed by atoms with van der Waals surface area (Å²) in [5.41, 5.74) is 2.88. The molecule has 5 heteroatoms. The van der Waals surface area contributed by atoms with Gasteiger partial charge in [-0.3, -0.25) is 4.79 Å². The van der Waals surface area contributed by atoms with Gasteiger partial charge in [-0.1, -0.05) is 40.2 Å². The fourth-order valence-electron chi connectivity index (χ4n) is 2.73. The van der Waals surface area contributed by atoms with Gasteiger partial charge in [0.25, 0.3) is 0 Å². The van der Waals surface area contributed by atoms with Crippen molar-refractivity contribution in [2.75, 3.05) is 0 Å². The SMILES string of the molecule is O=C(Cn1c(-c2cccc(Br)c2)nc2ccccc21)NC1CC1. The molecule has 1 saturated carbocycles. The Hall–Kier alpha value is -2.14. The number of para-hydroxylation sites is 2. The Morgan fingerprint density at radius 3 is 2.83 bits per heavy atom. The maximum Gasteiger partial charge on any atom is 0.240 e. The molecule has 1 N–H and O–H groups in total. The van der Waals surface area contributed by atoms with Crippen molar-refractivity contribution >= 4 is 32.9 Å². The minimum atomic E-state index is 0.0481. The molecule has 0 aliphatic heterocycles. The van der Waals surface area contributed by atoms with Crippen LogP contribution in [0.2, 0.25) is 0 Å². The molecule has 0 spiro atoms. The first-order valence-corrected chi connectivity index (χ1v) is 8.50. The Morgan fingerprint density at radius 1 is 1.22 bits per heavy atom. The third-order valence-electron chi connectivity index (χ3n) is 3.98. The van der Waals surface area contributed by atoms with E-state index < -0.39 is 0 Å². The summed E-state index contributed by atoms with van der Waals surface area (Å²) in [5.74, 6) is 0.866. The molecular formula is C18H16BrN3O. The van der Waals surface area contributed by atoms with E-state index in [9.17, 15) is 4.79 Å². The fourth-order valence-corrected chi connectivity index (χ4v) is 3.13. The normalized spacial score (nSPS) is 14.1. The number of hydrogen-bond acceptors (Lipinski definition) is 2. The summed E-state index contributed by atoms with van der Waals surface area (Å²) in [5, 5.41) is 3.05. The molecular weight excluding hydrogens is 354 g/mol. The van der Waals surface area contributed by atoms with Gasteiger partial charge in [0.1, 0.15) is 12.4 Å². The predicted octanol–water partition coefficient (Wildman–Crippen LogP) is 3.74. The number of rotatable bonds is 4. The molecule has 3 aromatic rings. The van der Waals surface area contributed by atoms with E-state index in [1.54, 1.807) is 0 Å². The number of nitrogens with zero attached hydrogens (tertiary/aromatic N) is 2. The van der Waals surface area contributed by atoms with Crippen LogP contribution in [0.1, 0.15) is 12.8 Å². The van der Waals surface area contributed by atoms with Crippen LogP contribution in [0, 0.1) is 0 Å². The van der Waals surface area contributed by atoms with E-state index in [0.717, 1.165) is 39.7 Å². The van der Waals surface area contributed by atoms with Gasteiger partial charge >= 0.3 is 0 Å². The Labute approximate surface area is 142 Å². The minimum absolute atomic E-state index is 0.0481. The standard InChI is InChI=1S/C18H16BrN3O/c19-13-5-3-4-12(10-13)18-21-15-6-1-2-7-16(15)22(18)11-17(23)20-14-8-9-14/h1-7,10,14H,8-9,11H2,(H,20,23). The Morgan fingerprint density at radius 2 is 2.04 bits per heavy atom.